The Balaban J connectivity index is 4.33. The Morgan fingerprint density at radius 1 is 0.524 bits per heavy atom. The number of aliphatic hydroxyl groups excluding tert-OH is 1. The molecule has 3 atom stereocenters. The summed E-state index contributed by atoms with van der Waals surface area (Å²) in [6, 6.07) is -0.865. The van der Waals surface area contributed by atoms with E-state index in [1.165, 1.54) is 193 Å². The van der Waals surface area contributed by atoms with Crippen LogP contribution in [0.5, 0.6) is 0 Å². The molecular formula is C54H106N2O6P+. The van der Waals surface area contributed by atoms with Gasteiger partial charge >= 0.3 is 7.82 Å². The predicted molar refractivity (Wildman–Crippen MR) is 272 cm³/mol. The fourth-order valence-electron chi connectivity index (χ4n) is 7.82. The van der Waals surface area contributed by atoms with Crippen molar-refractivity contribution < 1.29 is 32.9 Å². The van der Waals surface area contributed by atoms with Gasteiger partial charge in [-0.2, -0.15) is 0 Å². The van der Waals surface area contributed by atoms with E-state index >= 15 is 0 Å². The number of rotatable bonds is 49. The van der Waals surface area contributed by atoms with Crippen molar-refractivity contribution in [2.45, 2.75) is 264 Å². The molecule has 0 saturated carbocycles. The lowest BCUT2D eigenvalue weighted by atomic mass is 10.0. The van der Waals surface area contributed by atoms with Crippen LogP contribution in [0.25, 0.3) is 0 Å². The number of hydrogen-bond acceptors (Lipinski definition) is 5. The molecule has 0 aliphatic heterocycles. The average Bonchev–Trinajstić information content (AvgIpc) is 3.24. The van der Waals surface area contributed by atoms with Crippen LogP contribution in [0.1, 0.15) is 251 Å². The van der Waals surface area contributed by atoms with Gasteiger partial charge in [0.05, 0.1) is 39.9 Å². The number of hydrogen-bond donors (Lipinski definition) is 3. The van der Waals surface area contributed by atoms with Crippen molar-refractivity contribution in [1.29, 1.82) is 0 Å². The lowest BCUT2D eigenvalue weighted by molar-refractivity contribution is -0.870. The standard InChI is InChI=1S/C54H105N2O6P/c1-6-8-10-12-14-16-18-20-22-24-26-27-28-30-31-33-35-37-39-41-43-45-47-53(57)52(51-62-63(59,60)61-50-49-56(3,4)5)55-54(58)48-46-44-42-40-38-36-34-32-29-25-23-21-19-17-15-13-11-9-7-2/h25,29,37,39,45,47,52-53,57H,6-24,26-28,30-36,38,40-44,46,48-51H2,1-5H3,(H-,55,58,59,60)/p+1/b29-25-,39-37+,47-45+. The number of quaternary nitrogens is 1. The first-order valence-electron chi connectivity index (χ1n) is 26.9. The zero-order chi connectivity index (χ0) is 46.4. The fraction of sp³-hybridized carbons (Fsp3) is 0.870. The van der Waals surface area contributed by atoms with E-state index in [2.05, 4.69) is 43.5 Å². The highest BCUT2D eigenvalue weighted by atomic mass is 31.2. The summed E-state index contributed by atoms with van der Waals surface area (Å²) >= 11 is 0. The van der Waals surface area contributed by atoms with E-state index in [1.54, 1.807) is 6.08 Å². The molecule has 0 heterocycles. The van der Waals surface area contributed by atoms with Gasteiger partial charge in [0, 0.05) is 6.42 Å². The maximum atomic E-state index is 12.9. The number of nitrogens with zero attached hydrogens (tertiary/aromatic N) is 1. The topological polar surface area (TPSA) is 105 Å². The van der Waals surface area contributed by atoms with Crippen LogP contribution < -0.4 is 5.32 Å². The second-order valence-electron chi connectivity index (χ2n) is 19.6. The molecule has 0 bridgehead atoms. The third-order valence-electron chi connectivity index (χ3n) is 12.1. The SMILES string of the molecule is CCCCCCCCCC/C=C\CCCCCCCCCC(=O)NC(COP(=O)(O)OCC[N+](C)(C)C)C(O)/C=C/CC/C=C/CCCCCCCCCCCCCCCCCC. The number of nitrogens with one attached hydrogen (secondary N) is 1. The summed E-state index contributed by atoms with van der Waals surface area (Å²) < 4.78 is 23.6. The molecule has 372 valence electrons. The van der Waals surface area contributed by atoms with Gasteiger partial charge in [-0.1, -0.05) is 224 Å². The second-order valence-corrected chi connectivity index (χ2v) is 21.0. The highest BCUT2D eigenvalue weighted by Gasteiger charge is 2.27. The van der Waals surface area contributed by atoms with Crippen molar-refractivity contribution in [1.82, 2.24) is 5.32 Å². The van der Waals surface area contributed by atoms with Crippen molar-refractivity contribution in [3.05, 3.63) is 36.5 Å². The lowest BCUT2D eigenvalue weighted by Crippen LogP contribution is -2.45. The lowest BCUT2D eigenvalue weighted by Gasteiger charge is -2.25. The zero-order valence-electron chi connectivity index (χ0n) is 42.3. The van der Waals surface area contributed by atoms with Crippen molar-refractivity contribution in [2.24, 2.45) is 0 Å². The summed E-state index contributed by atoms with van der Waals surface area (Å²) in [5, 5.41) is 13.9. The van der Waals surface area contributed by atoms with Crippen LogP contribution >= 0.6 is 7.82 Å². The van der Waals surface area contributed by atoms with E-state index in [9.17, 15) is 19.4 Å². The molecule has 0 aromatic heterocycles. The molecule has 3 N–H and O–H groups in total. The van der Waals surface area contributed by atoms with Crippen molar-refractivity contribution >= 4 is 13.7 Å². The molecular weight excluding hydrogens is 804 g/mol. The minimum atomic E-state index is -4.35. The van der Waals surface area contributed by atoms with Gasteiger partial charge in [-0.15, -0.1) is 0 Å². The largest absolute Gasteiger partial charge is 0.472 e. The highest BCUT2D eigenvalue weighted by molar-refractivity contribution is 7.47. The van der Waals surface area contributed by atoms with Crippen LogP contribution in [0.2, 0.25) is 0 Å². The predicted octanol–water partition coefficient (Wildman–Crippen LogP) is 15.8. The van der Waals surface area contributed by atoms with Crippen molar-refractivity contribution in [3.63, 3.8) is 0 Å². The van der Waals surface area contributed by atoms with Gasteiger partial charge in [0.15, 0.2) is 0 Å². The van der Waals surface area contributed by atoms with E-state index < -0.39 is 20.0 Å². The van der Waals surface area contributed by atoms with E-state index in [0.29, 0.717) is 17.4 Å². The first-order valence-corrected chi connectivity index (χ1v) is 28.4. The number of unbranched alkanes of at least 4 members (excludes halogenated alkanes) is 32. The maximum absolute atomic E-state index is 12.9. The second kappa shape index (κ2) is 45.9. The van der Waals surface area contributed by atoms with Gasteiger partial charge in [0.1, 0.15) is 13.2 Å². The van der Waals surface area contributed by atoms with Crippen LogP contribution in [0.4, 0.5) is 0 Å². The molecule has 0 aromatic rings. The quantitative estimate of drug-likeness (QED) is 0.0243. The minimum absolute atomic E-state index is 0.0558. The van der Waals surface area contributed by atoms with Gasteiger partial charge in [-0.25, -0.2) is 4.57 Å². The highest BCUT2D eigenvalue weighted by Crippen LogP contribution is 2.43. The molecule has 0 saturated heterocycles. The minimum Gasteiger partial charge on any atom is -0.387 e. The van der Waals surface area contributed by atoms with Crippen LogP contribution in [0.15, 0.2) is 36.5 Å². The molecule has 0 aliphatic carbocycles. The Morgan fingerprint density at radius 2 is 0.873 bits per heavy atom. The summed E-state index contributed by atoms with van der Waals surface area (Å²) in [4.78, 5) is 23.2. The molecule has 63 heavy (non-hydrogen) atoms. The van der Waals surface area contributed by atoms with Gasteiger partial charge in [-0.05, 0) is 57.8 Å². The number of likely N-dealkylation sites (N-methyl/N-ethyl adjacent to an activating group) is 1. The Labute approximate surface area is 391 Å². The van der Waals surface area contributed by atoms with E-state index in [0.717, 1.165) is 38.5 Å². The maximum Gasteiger partial charge on any atom is 0.472 e. The van der Waals surface area contributed by atoms with Crippen LogP contribution in [-0.2, 0) is 18.4 Å². The fourth-order valence-corrected chi connectivity index (χ4v) is 8.55. The molecule has 0 aliphatic rings. The Morgan fingerprint density at radius 3 is 1.27 bits per heavy atom. The number of phosphoric ester groups is 1. The number of amides is 1. The average molecular weight is 910 g/mol. The van der Waals surface area contributed by atoms with Gasteiger partial charge in [-0.3, -0.25) is 13.8 Å². The molecule has 0 spiro atoms. The van der Waals surface area contributed by atoms with Gasteiger partial charge in [0.25, 0.3) is 0 Å². The Bertz CT molecular complexity index is 1120. The number of phosphoric acid groups is 1. The molecule has 0 radical (unpaired) electrons. The molecule has 0 fully saturated rings. The number of aliphatic hydroxyl groups is 1. The molecule has 0 rings (SSSR count). The smallest absolute Gasteiger partial charge is 0.387 e. The molecule has 3 unspecified atom stereocenters. The number of carbonyl (C=O) groups excluding carboxylic acids is 1. The van der Waals surface area contributed by atoms with E-state index in [1.807, 2.05) is 27.2 Å². The third kappa shape index (κ3) is 48.5. The van der Waals surface area contributed by atoms with Gasteiger partial charge < -0.3 is 19.8 Å². The summed E-state index contributed by atoms with van der Waals surface area (Å²) in [6.45, 7) is 4.81. The normalized spacial score (nSPS) is 14.3. The summed E-state index contributed by atoms with van der Waals surface area (Å²) in [6.07, 6.45) is 58.1. The summed E-state index contributed by atoms with van der Waals surface area (Å²) in [5.74, 6) is -0.189. The molecule has 8 nitrogen and oxygen atoms in total. The van der Waals surface area contributed by atoms with Crippen LogP contribution in [0.3, 0.4) is 0 Å². The first-order chi connectivity index (χ1) is 30.5. The Hall–Kier alpha value is -1.28. The molecule has 1 amide bonds. The van der Waals surface area contributed by atoms with Crippen molar-refractivity contribution in [3.8, 4) is 0 Å². The van der Waals surface area contributed by atoms with Crippen molar-refractivity contribution in [2.75, 3.05) is 40.9 Å². The monoisotopic (exact) mass is 910 g/mol. The number of carbonyl (C=O) groups is 1. The van der Waals surface area contributed by atoms with Crippen LogP contribution in [0, 0.1) is 0 Å². The summed E-state index contributed by atoms with van der Waals surface area (Å²) in [7, 11) is 1.56. The third-order valence-corrected chi connectivity index (χ3v) is 13.1. The number of allylic oxidation sites excluding steroid dienone is 5. The zero-order valence-corrected chi connectivity index (χ0v) is 43.2. The molecule has 0 aromatic carbocycles. The van der Waals surface area contributed by atoms with Gasteiger partial charge in [0.2, 0.25) is 5.91 Å². The van der Waals surface area contributed by atoms with Crippen LogP contribution in [-0.4, -0.2) is 73.4 Å². The summed E-state index contributed by atoms with van der Waals surface area (Å²) in [5.41, 5.74) is 0. The van der Waals surface area contributed by atoms with E-state index in [-0.39, 0.29) is 19.1 Å². The van der Waals surface area contributed by atoms with E-state index in [4.69, 9.17) is 9.05 Å². The Kier molecular flexibility index (Phi) is 44.9. The first kappa shape index (κ1) is 61.7. The molecule has 9 heteroatoms.